The first-order valence-electron chi connectivity index (χ1n) is 6.60. The molecule has 6 nitrogen and oxygen atoms in total. The lowest BCUT2D eigenvalue weighted by atomic mass is 9.96. The van der Waals surface area contributed by atoms with Crippen LogP contribution in [0.25, 0.3) is 0 Å². The van der Waals surface area contributed by atoms with Gasteiger partial charge < -0.3 is 10.6 Å². The van der Waals surface area contributed by atoms with Crippen molar-refractivity contribution in [3.63, 3.8) is 0 Å². The first-order chi connectivity index (χ1) is 10.2. The summed E-state index contributed by atoms with van der Waals surface area (Å²) in [7, 11) is 0. The van der Waals surface area contributed by atoms with Crippen LogP contribution < -0.4 is 10.6 Å². The van der Waals surface area contributed by atoms with E-state index in [0.717, 1.165) is 12.1 Å². The van der Waals surface area contributed by atoms with Gasteiger partial charge in [0.15, 0.2) is 0 Å². The number of amides is 1. The molecule has 9 heteroatoms. The molecule has 1 amide bonds. The second-order valence-corrected chi connectivity index (χ2v) is 5.15. The lowest BCUT2D eigenvalue weighted by molar-refractivity contribution is -0.384. The minimum atomic E-state index is -4.65. The van der Waals surface area contributed by atoms with E-state index in [1.807, 2.05) is 0 Å². The summed E-state index contributed by atoms with van der Waals surface area (Å²) in [6.45, 7) is 0.595. The zero-order valence-corrected chi connectivity index (χ0v) is 11.5. The number of nitrogens with two attached hydrogens (primary N) is 1. The van der Waals surface area contributed by atoms with E-state index in [4.69, 9.17) is 5.73 Å². The molecule has 1 fully saturated rings. The van der Waals surface area contributed by atoms with Crippen LogP contribution in [0.1, 0.15) is 18.4 Å². The molecule has 1 aliphatic heterocycles. The molecule has 1 saturated heterocycles. The van der Waals surface area contributed by atoms with Crippen molar-refractivity contribution in [2.75, 3.05) is 18.0 Å². The number of carbonyl (C=O) groups excluding carboxylic acids is 1. The molecule has 120 valence electrons. The number of anilines is 1. The molecule has 0 spiro atoms. The van der Waals surface area contributed by atoms with E-state index in [9.17, 15) is 28.1 Å². The molecule has 1 unspecified atom stereocenters. The Kier molecular flexibility index (Phi) is 4.25. The van der Waals surface area contributed by atoms with Crippen molar-refractivity contribution in [1.82, 2.24) is 0 Å². The largest absolute Gasteiger partial charge is 0.416 e. The Morgan fingerprint density at radius 3 is 2.64 bits per heavy atom. The standard InChI is InChI=1S/C13H14F3N3O3/c14-13(15,16)9-3-4-10(11(6-9)19(21)22)18-5-1-2-8(7-18)12(17)20/h3-4,6,8H,1-2,5,7H2,(H2,17,20). The van der Waals surface area contributed by atoms with Gasteiger partial charge in [0.2, 0.25) is 5.91 Å². The predicted molar refractivity (Wildman–Crippen MR) is 72.2 cm³/mol. The van der Waals surface area contributed by atoms with Crippen LogP contribution in [0.15, 0.2) is 18.2 Å². The van der Waals surface area contributed by atoms with E-state index in [-0.39, 0.29) is 12.2 Å². The maximum absolute atomic E-state index is 12.7. The molecule has 1 heterocycles. The number of halogens is 3. The minimum Gasteiger partial charge on any atom is -0.369 e. The molecule has 0 saturated carbocycles. The zero-order chi connectivity index (χ0) is 16.5. The molecule has 0 aliphatic carbocycles. The number of nitrogens with zero attached hydrogens (tertiary/aromatic N) is 2. The Morgan fingerprint density at radius 1 is 1.41 bits per heavy atom. The van der Waals surface area contributed by atoms with Gasteiger partial charge in [-0.3, -0.25) is 14.9 Å². The van der Waals surface area contributed by atoms with Crippen LogP contribution in [-0.4, -0.2) is 23.9 Å². The van der Waals surface area contributed by atoms with Gasteiger partial charge >= 0.3 is 6.18 Å². The third-order valence-corrected chi connectivity index (χ3v) is 3.66. The van der Waals surface area contributed by atoms with Gasteiger partial charge in [0, 0.05) is 19.2 Å². The molecule has 22 heavy (non-hydrogen) atoms. The molecule has 1 aromatic carbocycles. The normalized spacial score (nSPS) is 19.0. The van der Waals surface area contributed by atoms with Gasteiger partial charge in [0.25, 0.3) is 5.69 Å². The number of benzene rings is 1. The Hall–Kier alpha value is -2.32. The van der Waals surface area contributed by atoms with Crippen molar-refractivity contribution in [2.24, 2.45) is 11.7 Å². The molecule has 1 atom stereocenters. The Balaban J connectivity index is 2.38. The van der Waals surface area contributed by atoms with Crippen molar-refractivity contribution < 1.29 is 22.9 Å². The molecule has 0 bridgehead atoms. The van der Waals surface area contributed by atoms with Gasteiger partial charge in [-0.15, -0.1) is 0 Å². The van der Waals surface area contributed by atoms with Crippen LogP contribution in [0, 0.1) is 16.0 Å². The summed E-state index contributed by atoms with van der Waals surface area (Å²) >= 11 is 0. The summed E-state index contributed by atoms with van der Waals surface area (Å²) in [5.74, 6) is -0.977. The highest BCUT2D eigenvalue weighted by Crippen LogP contribution is 2.37. The van der Waals surface area contributed by atoms with E-state index in [1.54, 1.807) is 0 Å². The molecule has 2 rings (SSSR count). The number of nitro groups is 1. The predicted octanol–water partition coefficient (Wildman–Crippen LogP) is 2.32. The van der Waals surface area contributed by atoms with Gasteiger partial charge in [-0.1, -0.05) is 0 Å². The number of primary amides is 1. The first-order valence-corrected chi connectivity index (χ1v) is 6.60. The minimum absolute atomic E-state index is 0.0731. The lowest BCUT2D eigenvalue weighted by Gasteiger charge is -2.32. The van der Waals surface area contributed by atoms with Crippen molar-refractivity contribution in [3.8, 4) is 0 Å². The monoisotopic (exact) mass is 317 g/mol. The summed E-state index contributed by atoms with van der Waals surface area (Å²) in [6.07, 6.45) is -3.49. The summed E-state index contributed by atoms with van der Waals surface area (Å²) in [5.41, 5.74) is 3.61. The maximum Gasteiger partial charge on any atom is 0.416 e. The van der Waals surface area contributed by atoms with Gasteiger partial charge in [-0.25, -0.2) is 0 Å². The number of hydrogen-bond acceptors (Lipinski definition) is 4. The first kappa shape index (κ1) is 16.1. The summed E-state index contributed by atoms with van der Waals surface area (Å²) < 4.78 is 38.0. The number of carbonyl (C=O) groups is 1. The zero-order valence-electron chi connectivity index (χ0n) is 11.5. The Labute approximate surface area is 123 Å². The highest BCUT2D eigenvalue weighted by atomic mass is 19.4. The fourth-order valence-corrected chi connectivity index (χ4v) is 2.54. The van der Waals surface area contributed by atoms with Gasteiger partial charge in [-0.05, 0) is 25.0 Å². The SMILES string of the molecule is NC(=O)C1CCCN(c2ccc(C(F)(F)F)cc2[N+](=O)[O-])C1. The van der Waals surface area contributed by atoms with Crippen LogP contribution in [0.4, 0.5) is 24.5 Å². The van der Waals surface area contributed by atoms with Crippen molar-refractivity contribution in [2.45, 2.75) is 19.0 Å². The van der Waals surface area contributed by atoms with E-state index in [1.165, 1.54) is 4.90 Å². The van der Waals surface area contributed by atoms with Crippen LogP contribution in [0.2, 0.25) is 0 Å². The second-order valence-electron chi connectivity index (χ2n) is 5.15. The smallest absolute Gasteiger partial charge is 0.369 e. The molecule has 2 N–H and O–H groups in total. The second kappa shape index (κ2) is 5.82. The molecule has 0 aromatic heterocycles. The third-order valence-electron chi connectivity index (χ3n) is 3.66. The van der Waals surface area contributed by atoms with E-state index in [0.29, 0.717) is 25.5 Å². The number of piperidine rings is 1. The average Bonchev–Trinajstić information content (AvgIpc) is 2.45. The Bertz CT molecular complexity index is 604. The fourth-order valence-electron chi connectivity index (χ4n) is 2.54. The van der Waals surface area contributed by atoms with E-state index >= 15 is 0 Å². The van der Waals surface area contributed by atoms with E-state index < -0.39 is 34.2 Å². The highest BCUT2D eigenvalue weighted by Gasteiger charge is 2.34. The van der Waals surface area contributed by atoms with Crippen molar-refractivity contribution in [1.29, 1.82) is 0 Å². The molecular weight excluding hydrogens is 303 g/mol. The van der Waals surface area contributed by atoms with Crippen LogP contribution in [0.5, 0.6) is 0 Å². The van der Waals surface area contributed by atoms with Crippen LogP contribution in [-0.2, 0) is 11.0 Å². The fraction of sp³-hybridized carbons (Fsp3) is 0.462. The van der Waals surface area contributed by atoms with Gasteiger partial charge in [0.1, 0.15) is 5.69 Å². The highest BCUT2D eigenvalue weighted by molar-refractivity contribution is 5.78. The van der Waals surface area contributed by atoms with Crippen LogP contribution >= 0.6 is 0 Å². The quantitative estimate of drug-likeness (QED) is 0.684. The third kappa shape index (κ3) is 3.29. The molecule has 1 aliphatic rings. The average molecular weight is 317 g/mol. The van der Waals surface area contributed by atoms with Crippen molar-refractivity contribution >= 4 is 17.3 Å². The van der Waals surface area contributed by atoms with Crippen LogP contribution in [0.3, 0.4) is 0 Å². The van der Waals surface area contributed by atoms with Crippen molar-refractivity contribution in [3.05, 3.63) is 33.9 Å². The molecule has 1 aromatic rings. The Morgan fingerprint density at radius 2 is 2.09 bits per heavy atom. The topological polar surface area (TPSA) is 89.5 Å². The number of rotatable bonds is 3. The molecular formula is C13H14F3N3O3. The number of hydrogen-bond donors (Lipinski definition) is 1. The summed E-state index contributed by atoms with van der Waals surface area (Å²) in [4.78, 5) is 23.0. The summed E-state index contributed by atoms with van der Waals surface area (Å²) in [5, 5.41) is 11.1. The number of nitro benzene ring substituents is 1. The summed E-state index contributed by atoms with van der Waals surface area (Å²) in [6, 6.07) is 2.39. The number of alkyl halides is 3. The van der Waals surface area contributed by atoms with Gasteiger partial charge in [0.05, 0.1) is 16.4 Å². The van der Waals surface area contributed by atoms with Gasteiger partial charge in [-0.2, -0.15) is 13.2 Å². The van der Waals surface area contributed by atoms with E-state index in [2.05, 4.69) is 0 Å². The molecule has 0 radical (unpaired) electrons. The lowest BCUT2D eigenvalue weighted by Crippen LogP contribution is -2.41. The maximum atomic E-state index is 12.7.